The number of nitrogens with one attached hydrogen (secondary N) is 1. The number of nitrogens with zero attached hydrogens (tertiary/aromatic N) is 3. The molecule has 2 aromatic rings. The Morgan fingerprint density at radius 3 is 2.83 bits per heavy atom. The Kier molecular flexibility index (Phi) is 4.03. The Bertz CT molecular complexity index is 738. The first-order chi connectivity index (χ1) is 10.9. The number of aromatic amines is 1. The Balaban J connectivity index is 2.09. The second kappa shape index (κ2) is 5.86. The third-order valence-corrected chi connectivity index (χ3v) is 3.84. The second-order valence-electron chi connectivity index (χ2n) is 5.68. The summed E-state index contributed by atoms with van der Waals surface area (Å²) in [7, 11) is 1.85. The van der Waals surface area contributed by atoms with Crippen LogP contribution in [0.4, 0.5) is 13.2 Å². The molecule has 0 spiro atoms. The number of hydrogen-bond acceptors (Lipinski definition) is 4. The quantitative estimate of drug-likeness (QED) is 0.907. The number of fused-ring (bicyclic) bond motifs is 1. The highest BCUT2D eigenvalue weighted by Crippen LogP contribution is 2.35. The number of aromatic nitrogens is 2. The Morgan fingerprint density at radius 1 is 1.35 bits per heavy atom. The molecule has 1 aliphatic heterocycles. The van der Waals surface area contributed by atoms with Crippen LogP contribution in [0.3, 0.4) is 0 Å². The molecule has 3 rings (SSSR count). The predicted molar refractivity (Wildman–Crippen MR) is 80.4 cm³/mol. The van der Waals surface area contributed by atoms with Crippen LogP contribution in [0.1, 0.15) is 11.1 Å². The summed E-state index contributed by atoms with van der Waals surface area (Å²) in [6.45, 7) is 1.57. The van der Waals surface area contributed by atoms with Crippen LogP contribution in [-0.2, 0) is 6.18 Å². The topological polar surface area (TPSA) is 55.4 Å². The lowest BCUT2D eigenvalue weighted by Gasteiger charge is -2.33. The molecular weight excluding hydrogens is 309 g/mol. The monoisotopic (exact) mass is 326 g/mol. The van der Waals surface area contributed by atoms with E-state index in [4.69, 9.17) is 5.11 Å². The average molecular weight is 326 g/mol. The highest BCUT2D eigenvalue weighted by molar-refractivity contribution is 5.92. The van der Waals surface area contributed by atoms with Gasteiger partial charge in [0.1, 0.15) is 0 Å². The molecule has 0 saturated carbocycles. The van der Waals surface area contributed by atoms with Gasteiger partial charge in [-0.25, -0.2) is 0 Å². The molecule has 1 aliphatic rings. The van der Waals surface area contributed by atoms with E-state index in [-0.39, 0.29) is 6.61 Å². The smallest absolute Gasteiger partial charge is 0.395 e. The average Bonchev–Trinajstić information content (AvgIpc) is 2.93. The molecule has 0 aliphatic carbocycles. The molecule has 1 aromatic carbocycles. The lowest BCUT2D eigenvalue weighted by molar-refractivity contribution is -0.137. The SMILES string of the molecule is CN1C=C(c2cc(C(F)(F)F)cc3[nH]ncc23)CN(CCO)C1. The van der Waals surface area contributed by atoms with Crippen molar-refractivity contribution in [2.24, 2.45) is 0 Å². The fourth-order valence-electron chi connectivity index (χ4n) is 2.88. The Hall–Kier alpha value is -2.06. The maximum Gasteiger partial charge on any atom is 0.416 e. The van der Waals surface area contributed by atoms with Crippen molar-refractivity contribution < 1.29 is 18.3 Å². The largest absolute Gasteiger partial charge is 0.416 e. The molecule has 124 valence electrons. The van der Waals surface area contributed by atoms with Gasteiger partial charge in [0.15, 0.2) is 0 Å². The summed E-state index contributed by atoms with van der Waals surface area (Å²) in [4.78, 5) is 3.86. The molecule has 0 unspecified atom stereocenters. The summed E-state index contributed by atoms with van der Waals surface area (Å²) in [6.07, 6.45) is -1.04. The van der Waals surface area contributed by atoms with E-state index in [9.17, 15) is 13.2 Å². The van der Waals surface area contributed by atoms with E-state index in [1.54, 1.807) is 0 Å². The van der Waals surface area contributed by atoms with Crippen molar-refractivity contribution in [3.63, 3.8) is 0 Å². The first-order valence-corrected chi connectivity index (χ1v) is 7.17. The van der Waals surface area contributed by atoms with Gasteiger partial charge in [-0.2, -0.15) is 18.3 Å². The van der Waals surface area contributed by atoms with Crippen LogP contribution in [-0.4, -0.2) is 58.5 Å². The fraction of sp³-hybridized carbons (Fsp3) is 0.400. The number of alkyl halides is 3. The maximum absolute atomic E-state index is 13.1. The summed E-state index contributed by atoms with van der Waals surface area (Å²) < 4.78 is 39.4. The molecule has 5 nitrogen and oxygen atoms in total. The molecule has 1 aromatic heterocycles. The number of rotatable bonds is 3. The van der Waals surface area contributed by atoms with Crippen LogP contribution in [0.5, 0.6) is 0 Å². The van der Waals surface area contributed by atoms with E-state index in [1.807, 2.05) is 23.0 Å². The Labute approximate surface area is 131 Å². The summed E-state index contributed by atoms with van der Waals surface area (Å²) in [5.41, 5.74) is 0.938. The van der Waals surface area contributed by atoms with Gasteiger partial charge in [-0.05, 0) is 23.3 Å². The maximum atomic E-state index is 13.1. The van der Waals surface area contributed by atoms with Gasteiger partial charge in [0.25, 0.3) is 0 Å². The zero-order valence-corrected chi connectivity index (χ0v) is 12.6. The normalized spacial score (nSPS) is 16.9. The van der Waals surface area contributed by atoms with Crippen LogP contribution in [0.25, 0.3) is 16.5 Å². The van der Waals surface area contributed by atoms with Gasteiger partial charge in [-0.1, -0.05) is 0 Å². The molecule has 0 saturated heterocycles. The van der Waals surface area contributed by atoms with Crippen molar-refractivity contribution in [3.8, 4) is 0 Å². The van der Waals surface area contributed by atoms with Crippen molar-refractivity contribution in [2.45, 2.75) is 6.18 Å². The molecule has 2 heterocycles. The number of halogens is 3. The minimum atomic E-state index is -4.42. The van der Waals surface area contributed by atoms with Gasteiger partial charge in [0.2, 0.25) is 0 Å². The van der Waals surface area contributed by atoms with Crippen LogP contribution in [0.15, 0.2) is 24.5 Å². The number of β-amino-alcohol motifs (C(OH)–C–C–N with tert-alkyl or cyclic N) is 1. The molecule has 2 N–H and O–H groups in total. The highest BCUT2D eigenvalue weighted by atomic mass is 19.4. The fourth-order valence-corrected chi connectivity index (χ4v) is 2.88. The zero-order valence-electron chi connectivity index (χ0n) is 12.6. The number of aliphatic hydroxyl groups is 1. The molecule has 23 heavy (non-hydrogen) atoms. The van der Waals surface area contributed by atoms with Crippen LogP contribution < -0.4 is 0 Å². The van der Waals surface area contributed by atoms with Gasteiger partial charge in [0, 0.05) is 31.7 Å². The Morgan fingerprint density at radius 2 is 2.13 bits per heavy atom. The highest BCUT2D eigenvalue weighted by Gasteiger charge is 2.32. The van der Waals surface area contributed by atoms with E-state index in [2.05, 4.69) is 10.2 Å². The molecule has 0 atom stereocenters. The number of H-pyrrole nitrogens is 1. The van der Waals surface area contributed by atoms with Crippen molar-refractivity contribution in [1.82, 2.24) is 20.0 Å². The first kappa shape index (κ1) is 15.8. The van der Waals surface area contributed by atoms with E-state index < -0.39 is 11.7 Å². The first-order valence-electron chi connectivity index (χ1n) is 7.17. The summed E-state index contributed by atoms with van der Waals surface area (Å²) in [6, 6.07) is 2.24. The number of hydrogen-bond donors (Lipinski definition) is 2. The summed E-state index contributed by atoms with van der Waals surface area (Å²) in [5, 5.41) is 16.2. The molecular formula is C15H17F3N4O. The molecule has 0 amide bonds. The number of benzene rings is 1. The minimum Gasteiger partial charge on any atom is -0.395 e. The van der Waals surface area contributed by atoms with Gasteiger partial charge in [0.05, 0.1) is 30.6 Å². The molecule has 0 radical (unpaired) electrons. The van der Waals surface area contributed by atoms with Crippen molar-refractivity contribution in [1.29, 1.82) is 0 Å². The lowest BCUT2D eigenvalue weighted by atomic mass is 9.98. The van der Waals surface area contributed by atoms with Crippen molar-refractivity contribution >= 4 is 16.5 Å². The van der Waals surface area contributed by atoms with Crippen molar-refractivity contribution in [3.05, 3.63) is 35.7 Å². The molecule has 0 fully saturated rings. The van der Waals surface area contributed by atoms with E-state index >= 15 is 0 Å². The van der Waals surface area contributed by atoms with Gasteiger partial charge in [-0.15, -0.1) is 0 Å². The third-order valence-electron chi connectivity index (χ3n) is 3.84. The molecule has 8 heteroatoms. The van der Waals surface area contributed by atoms with Gasteiger partial charge >= 0.3 is 6.18 Å². The predicted octanol–water partition coefficient (Wildman–Crippen LogP) is 2.12. The lowest BCUT2D eigenvalue weighted by Crippen LogP contribution is -2.40. The standard InChI is InChI=1S/C15H17F3N4O/c1-21-7-10(8-22(9-21)2-3-23)12-4-11(15(16,17)18)5-14-13(12)6-19-20-14/h4-7,23H,2-3,8-9H2,1H3,(H,19,20). The van der Waals surface area contributed by atoms with E-state index in [0.717, 1.165) is 11.6 Å². The van der Waals surface area contributed by atoms with Gasteiger partial charge in [-0.3, -0.25) is 10.00 Å². The third kappa shape index (κ3) is 3.18. The van der Waals surface area contributed by atoms with Crippen LogP contribution in [0, 0.1) is 0 Å². The van der Waals surface area contributed by atoms with E-state index in [1.165, 1.54) is 12.3 Å². The zero-order chi connectivity index (χ0) is 16.6. The van der Waals surface area contributed by atoms with Gasteiger partial charge < -0.3 is 10.0 Å². The second-order valence-corrected chi connectivity index (χ2v) is 5.68. The van der Waals surface area contributed by atoms with E-state index in [0.29, 0.717) is 36.2 Å². The summed E-state index contributed by atoms with van der Waals surface area (Å²) >= 11 is 0. The minimum absolute atomic E-state index is 0.00479. The van der Waals surface area contributed by atoms with Crippen molar-refractivity contribution in [2.75, 3.05) is 33.4 Å². The molecule has 0 bridgehead atoms. The van der Waals surface area contributed by atoms with Crippen LogP contribution >= 0.6 is 0 Å². The summed E-state index contributed by atoms with van der Waals surface area (Å²) in [5.74, 6) is 0. The van der Waals surface area contributed by atoms with Crippen LogP contribution in [0.2, 0.25) is 0 Å². The number of aliphatic hydroxyl groups excluding tert-OH is 1.